The number of terminal acetylenes is 1. The molecule has 0 aliphatic heterocycles. The van der Waals surface area contributed by atoms with Gasteiger partial charge in [-0.2, -0.15) is 0 Å². The normalized spacial score (nSPS) is 12.4. The monoisotopic (exact) mass is 244 g/mol. The number of nitrogens with one attached hydrogen (secondary N) is 1. The Hall–Kier alpha value is -0.340. The van der Waals surface area contributed by atoms with E-state index in [-0.39, 0.29) is 6.04 Å². The van der Waals surface area contributed by atoms with Gasteiger partial charge in [-0.1, -0.05) is 0 Å². The molecule has 1 rings (SSSR count). The molecule has 0 saturated heterocycles. The topological polar surface area (TPSA) is 38.0 Å². The van der Waals surface area contributed by atoms with Crippen molar-refractivity contribution < 1.29 is 0 Å². The van der Waals surface area contributed by atoms with Crippen LogP contribution in [0.5, 0.6) is 0 Å². The van der Waals surface area contributed by atoms with Gasteiger partial charge in [0.15, 0.2) is 0 Å². The Bertz CT molecular complexity index is 289. The molecule has 3 N–H and O–H groups in total. The average Bonchev–Trinajstić information content (AvgIpc) is 2.47. The molecule has 2 nitrogen and oxygen atoms in total. The Kier molecular flexibility index (Phi) is 3.76. The minimum Gasteiger partial charge on any atom is -0.271 e. The molecular formula is C8H9BrN2S. The summed E-state index contributed by atoms with van der Waals surface area (Å²) in [7, 11) is 0. The molecule has 0 radical (unpaired) electrons. The number of hydrazine groups is 1. The molecular weight excluding hydrogens is 236 g/mol. The number of hydrogen-bond acceptors (Lipinski definition) is 3. The second-order valence-electron chi connectivity index (χ2n) is 2.27. The Morgan fingerprint density at radius 3 is 2.92 bits per heavy atom. The van der Waals surface area contributed by atoms with Crippen LogP contribution in [0.4, 0.5) is 0 Å². The first-order valence-electron chi connectivity index (χ1n) is 3.42. The third-order valence-corrected chi connectivity index (χ3v) is 3.20. The van der Waals surface area contributed by atoms with E-state index in [1.54, 1.807) is 11.3 Å². The maximum atomic E-state index is 5.35. The van der Waals surface area contributed by atoms with Crippen molar-refractivity contribution in [3.8, 4) is 12.3 Å². The first-order chi connectivity index (χ1) is 5.77. The van der Waals surface area contributed by atoms with Gasteiger partial charge in [0.2, 0.25) is 0 Å². The van der Waals surface area contributed by atoms with Crippen molar-refractivity contribution >= 4 is 27.3 Å². The van der Waals surface area contributed by atoms with Crippen LogP contribution in [0, 0.1) is 12.3 Å². The lowest BCUT2D eigenvalue weighted by Crippen LogP contribution is -2.26. The van der Waals surface area contributed by atoms with Gasteiger partial charge in [-0.25, -0.2) is 0 Å². The molecule has 1 heterocycles. The molecule has 0 spiro atoms. The molecule has 12 heavy (non-hydrogen) atoms. The highest BCUT2D eigenvalue weighted by atomic mass is 79.9. The van der Waals surface area contributed by atoms with Gasteiger partial charge in [0.05, 0.1) is 9.83 Å². The molecule has 1 unspecified atom stereocenters. The molecule has 4 heteroatoms. The number of nitrogens with two attached hydrogens (primary N) is 1. The van der Waals surface area contributed by atoms with Gasteiger partial charge in [0.1, 0.15) is 0 Å². The first kappa shape index (κ1) is 9.75. The fourth-order valence-corrected chi connectivity index (χ4v) is 2.36. The van der Waals surface area contributed by atoms with E-state index in [4.69, 9.17) is 12.3 Å². The van der Waals surface area contributed by atoms with E-state index in [2.05, 4.69) is 27.3 Å². The van der Waals surface area contributed by atoms with Crippen molar-refractivity contribution in [2.24, 2.45) is 5.84 Å². The summed E-state index contributed by atoms with van der Waals surface area (Å²) in [5.41, 5.74) is 2.68. The number of hydrogen-bond donors (Lipinski definition) is 2. The van der Waals surface area contributed by atoms with Gasteiger partial charge in [0.25, 0.3) is 0 Å². The number of rotatable bonds is 3. The van der Waals surface area contributed by atoms with Crippen LogP contribution < -0.4 is 11.3 Å². The molecule has 0 saturated carbocycles. The predicted octanol–water partition coefficient (Wildman–Crippen LogP) is 2.04. The van der Waals surface area contributed by atoms with E-state index in [1.807, 2.05) is 12.1 Å². The molecule has 0 aliphatic carbocycles. The fraction of sp³-hybridized carbons (Fsp3) is 0.250. The van der Waals surface area contributed by atoms with Gasteiger partial charge in [-0.3, -0.25) is 11.3 Å². The standard InChI is InChI=1S/C8H9BrN2S/c1-2-3-6(11-10)7-4-5-8(9)12-7/h1,4-6,11H,3,10H2. The lowest BCUT2D eigenvalue weighted by Gasteiger charge is -2.09. The van der Waals surface area contributed by atoms with Gasteiger partial charge in [0, 0.05) is 11.3 Å². The molecule has 0 aromatic carbocycles. The SMILES string of the molecule is C#CCC(NN)c1ccc(Br)s1. The van der Waals surface area contributed by atoms with E-state index >= 15 is 0 Å². The Labute approximate surface area is 84.3 Å². The second-order valence-corrected chi connectivity index (χ2v) is 4.76. The summed E-state index contributed by atoms with van der Waals surface area (Å²) in [4.78, 5) is 1.15. The van der Waals surface area contributed by atoms with Gasteiger partial charge >= 0.3 is 0 Å². The van der Waals surface area contributed by atoms with Crippen LogP contribution in [0.3, 0.4) is 0 Å². The van der Waals surface area contributed by atoms with Gasteiger partial charge in [-0.05, 0) is 28.1 Å². The maximum absolute atomic E-state index is 5.35. The van der Waals surface area contributed by atoms with Crippen LogP contribution in [0.2, 0.25) is 0 Å². The molecule has 1 aromatic rings. The summed E-state index contributed by atoms with van der Waals surface area (Å²) in [6.07, 6.45) is 5.81. The van der Waals surface area contributed by atoms with E-state index < -0.39 is 0 Å². The molecule has 0 aliphatic rings. The van der Waals surface area contributed by atoms with E-state index in [0.717, 1.165) is 8.66 Å². The highest BCUT2D eigenvalue weighted by Gasteiger charge is 2.09. The summed E-state index contributed by atoms with van der Waals surface area (Å²) >= 11 is 5.02. The Morgan fingerprint density at radius 1 is 1.75 bits per heavy atom. The highest BCUT2D eigenvalue weighted by molar-refractivity contribution is 9.11. The Balaban J connectivity index is 2.74. The lowest BCUT2D eigenvalue weighted by atomic mass is 10.2. The maximum Gasteiger partial charge on any atom is 0.0702 e. The van der Waals surface area contributed by atoms with Crippen molar-refractivity contribution in [1.29, 1.82) is 0 Å². The zero-order valence-electron chi connectivity index (χ0n) is 6.38. The molecule has 1 aromatic heterocycles. The van der Waals surface area contributed by atoms with Crippen LogP contribution in [0.25, 0.3) is 0 Å². The van der Waals surface area contributed by atoms with E-state index in [0.29, 0.717) is 6.42 Å². The molecule has 0 bridgehead atoms. The molecule has 1 atom stereocenters. The van der Waals surface area contributed by atoms with E-state index in [9.17, 15) is 0 Å². The van der Waals surface area contributed by atoms with Crippen molar-refractivity contribution in [3.05, 3.63) is 20.8 Å². The van der Waals surface area contributed by atoms with Crippen LogP contribution >= 0.6 is 27.3 Å². The second kappa shape index (κ2) is 4.63. The predicted molar refractivity (Wildman–Crippen MR) is 55.5 cm³/mol. The average molecular weight is 245 g/mol. The lowest BCUT2D eigenvalue weighted by molar-refractivity contribution is 0.577. The van der Waals surface area contributed by atoms with Crippen molar-refractivity contribution in [2.45, 2.75) is 12.5 Å². The zero-order valence-corrected chi connectivity index (χ0v) is 8.78. The summed E-state index contributed by atoms with van der Waals surface area (Å²) in [6.45, 7) is 0. The van der Waals surface area contributed by atoms with Gasteiger partial charge in [-0.15, -0.1) is 23.7 Å². The van der Waals surface area contributed by atoms with Crippen molar-refractivity contribution in [3.63, 3.8) is 0 Å². The smallest absolute Gasteiger partial charge is 0.0702 e. The van der Waals surface area contributed by atoms with Crippen molar-refractivity contribution in [1.82, 2.24) is 5.43 Å². The van der Waals surface area contributed by atoms with Crippen molar-refractivity contribution in [2.75, 3.05) is 0 Å². The summed E-state index contributed by atoms with van der Waals surface area (Å²) in [5.74, 6) is 7.92. The Morgan fingerprint density at radius 2 is 2.50 bits per heavy atom. The highest BCUT2D eigenvalue weighted by Crippen LogP contribution is 2.28. The van der Waals surface area contributed by atoms with Crippen LogP contribution in [-0.2, 0) is 0 Å². The van der Waals surface area contributed by atoms with Crippen LogP contribution in [0.15, 0.2) is 15.9 Å². The van der Waals surface area contributed by atoms with Crippen LogP contribution in [-0.4, -0.2) is 0 Å². The van der Waals surface area contributed by atoms with Gasteiger partial charge < -0.3 is 0 Å². The van der Waals surface area contributed by atoms with E-state index in [1.165, 1.54) is 0 Å². The minimum absolute atomic E-state index is 0.0753. The summed E-state index contributed by atoms with van der Waals surface area (Å²) in [5, 5.41) is 0. The molecule has 0 amide bonds. The summed E-state index contributed by atoms with van der Waals surface area (Å²) in [6, 6.07) is 4.07. The van der Waals surface area contributed by atoms with Crippen LogP contribution in [0.1, 0.15) is 17.3 Å². The first-order valence-corrected chi connectivity index (χ1v) is 5.03. The zero-order chi connectivity index (χ0) is 8.97. The number of halogens is 1. The fourth-order valence-electron chi connectivity index (χ4n) is 0.875. The minimum atomic E-state index is 0.0753. The largest absolute Gasteiger partial charge is 0.271 e. The summed E-state index contributed by atoms with van der Waals surface area (Å²) < 4.78 is 1.09. The third kappa shape index (κ3) is 2.32. The quantitative estimate of drug-likeness (QED) is 0.486. The third-order valence-electron chi connectivity index (χ3n) is 1.46. The number of thiophene rings is 1. The molecule has 0 fully saturated rings. The molecule has 64 valence electrons.